The summed E-state index contributed by atoms with van der Waals surface area (Å²) in [5.74, 6) is 1.93. The average molecular weight is 662 g/mol. The Morgan fingerprint density at radius 3 is 2.19 bits per heavy atom. The fraction of sp³-hybridized carbons (Fsp3) is 0.439. The molecule has 48 heavy (non-hydrogen) atoms. The highest BCUT2D eigenvalue weighted by Crippen LogP contribution is 2.43. The van der Waals surface area contributed by atoms with E-state index < -0.39 is 13.9 Å². The lowest BCUT2D eigenvalue weighted by Gasteiger charge is -2.39. The second-order valence-electron chi connectivity index (χ2n) is 15.3. The molecule has 0 radical (unpaired) electrons. The zero-order valence-corrected chi connectivity index (χ0v) is 31.0. The van der Waals surface area contributed by atoms with Gasteiger partial charge in [-0.25, -0.2) is 4.98 Å². The van der Waals surface area contributed by atoms with Crippen LogP contribution in [0.2, 0.25) is 18.1 Å². The lowest BCUT2D eigenvalue weighted by atomic mass is 9.99. The Morgan fingerprint density at radius 2 is 1.58 bits per heavy atom. The van der Waals surface area contributed by atoms with Crippen LogP contribution in [0, 0.1) is 11.3 Å². The van der Waals surface area contributed by atoms with Crippen molar-refractivity contribution in [2.45, 2.75) is 110 Å². The van der Waals surface area contributed by atoms with Gasteiger partial charge in [0, 0.05) is 12.3 Å². The van der Waals surface area contributed by atoms with E-state index in [1.807, 2.05) is 65.2 Å². The second-order valence-corrected chi connectivity index (χ2v) is 20.2. The first-order valence-electron chi connectivity index (χ1n) is 17.4. The number of nitrogens with zero attached hydrogens (tertiary/aromatic N) is 3. The summed E-state index contributed by atoms with van der Waals surface area (Å²) in [6, 6.07) is 26.0. The highest BCUT2D eigenvalue weighted by atomic mass is 28.4. The number of aryl methyl sites for hydroxylation is 1. The van der Waals surface area contributed by atoms with Crippen LogP contribution < -0.4 is 10.3 Å². The summed E-state index contributed by atoms with van der Waals surface area (Å²) in [7, 11) is -1.91. The molecule has 1 heterocycles. The molecule has 252 valence electrons. The van der Waals surface area contributed by atoms with Gasteiger partial charge in [-0.2, -0.15) is 5.26 Å². The minimum atomic E-state index is -1.91. The summed E-state index contributed by atoms with van der Waals surface area (Å²) in [6.45, 7) is 18.5. The van der Waals surface area contributed by atoms with Crippen LogP contribution in [-0.4, -0.2) is 30.1 Å². The molecular weight excluding hydrogens is 611 g/mol. The average Bonchev–Trinajstić information content (AvgIpc) is 3.90. The van der Waals surface area contributed by atoms with Crippen molar-refractivity contribution in [2.75, 3.05) is 6.61 Å². The van der Waals surface area contributed by atoms with Gasteiger partial charge in [0.25, 0.3) is 5.56 Å². The first-order valence-corrected chi connectivity index (χ1v) is 20.3. The molecule has 1 aliphatic rings. The van der Waals surface area contributed by atoms with Crippen LogP contribution in [0.5, 0.6) is 5.75 Å². The van der Waals surface area contributed by atoms with Crippen molar-refractivity contribution in [1.29, 1.82) is 5.26 Å². The molecule has 0 spiro atoms. The zero-order chi connectivity index (χ0) is 34.7. The molecule has 0 bridgehead atoms. The maximum absolute atomic E-state index is 14.5. The van der Waals surface area contributed by atoms with E-state index in [0.717, 1.165) is 71.6 Å². The third kappa shape index (κ3) is 8.17. The van der Waals surface area contributed by atoms with Gasteiger partial charge < -0.3 is 9.16 Å². The molecule has 7 heteroatoms. The van der Waals surface area contributed by atoms with Crippen molar-refractivity contribution in [3.05, 3.63) is 106 Å². The summed E-state index contributed by atoms with van der Waals surface area (Å²) >= 11 is 0. The smallest absolute Gasteiger partial charge is 0.261 e. The molecule has 0 aliphatic heterocycles. The van der Waals surface area contributed by atoms with Gasteiger partial charge in [-0.15, -0.1) is 0 Å². The molecule has 0 unspecified atom stereocenters. The van der Waals surface area contributed by atoms with E-state index in [1.54, 1.807) is 0 Å². The van der Waals surface area contributed by atoms with Crippen molar-refractivity contribution in [3.63, 3.8) is 0 Å². The van der Waals surface area contributed by atoms with Crippen LogP contribution in [0.15, 0.2) is 77.6 Å². The van der Waals surface area contributed by atoms with Crippen LogP contribution in [0.3, 0.4) is 0 Å². The molecule has 5 rings (SSSR count). The van der Waals surface area contributed by atoms with Gasteiger partial charge in [0.05, 0.1) is 36.0 Å². The van der Waals surface area contributed by atoms with E-state index in [-0.39, 0.29) is 10.6 Å². The van der Waals surface area contributed by atoms with E-state index in [1.165, 1.54) is 0 Å². The predicted molar refractivity (Wildman–Crippen MR) is 198 cm³/mol. The van der Waals surface area contributed by atoms with Crippen LogP contribution >= 0.6 is 0 Å². The summed E-state index contributed by atoms with van der Waals surface area (Å²) in [5, 5.41) is 9.71. The molecule has 1 aromatic heterocycles. The second kappa shape index (κ2) is 14.2. The monoisotopic (exact) mass is 661 g/mol. The number of ether oxygens (including phenoxy) is 1. The highest BCUT2D eigenvalue weighted by molar-refractivity contribution is 6.74. The number of aromatic nitrogens is 2. The van der Waals surface area contributed by atoms with Crippen LogP contribution in [0.25, 0.3) is 22.3 Å². The van der Waals surface area contributed by atoms with Crippen LogP contribution in [0.1, 0.15) is 95.8 Å². The molecule has 0 N–H and O–H groups in total. The third-order valence-electron chi connectivity index (χ3n) is 9.77. The zero-order valence-electron chi connectivity index (χ0n) is 30.0. The lowest BCUT2D eigenvalue weighted by Crippen LogP contribution is -2.46. The number of rotatable bonds is 13. The van der Waals surface area contributed by atoms with Crippen LogP contribution in [-0.2, 0) is 17.4 Å². The van der Waals surface area contributed by atoms with E-state index in [0.29, 0.717) is 30.2 Å². The Morgan fingerprint density at radius 1 is 0.938 bits per heavy atom. The van der Waals surface area contributed by atoms with Crippen molar-refractivity contribution >= 4 is 8.32 Å². The topological polar surface area (TPSA) is 77.1 Å². The Bertz CT molecular complexity index is 1820. The van der Waals surface area contributed by atoms with Crippen molar-refractivity contribution in [2.24, 2.45) is 0 Å². The molecular formula is C41H51N3O3Si. The molecule has 0 atom stereocenters. The van der Waals surface area contributed by atoms with Gasteiger partial charge in [-0.3, -0.25) is 9.36 Å². The van der Waals surface area contributed by atoms with Crippen molar-refractivity contribution in [3.8, 4) is 34.1 Å². The first-order chi connectivity index (χ1) is 22.7. The van der Waals surface area contributed by atoms with Crippen molar-refractivity contribution < 1.29 is 9.16 Å². The highest BCUT2D eigenvalue weighted by Gasteiger charge is 2.39. The fourth-order valence-corrected chi connectivity index (χ4v) is 6.78. The van der Waals surface area contributed by atoms with Gasteiger partial charge in [0.2, 0.25) is 0 Å². The lowest BCUT2D eigenvalue weighted by molar-refractivity contribution is 0.0462. The first kappa shape index (κ1) is 35.3. The van der Waals surface area contributed by atoms with E-state index in [4.69, 9.17) is 14.1 Å². The predicted octanol–water partition coefficient (Wildman–Crippen LogP) is 9.90. The summed E-state index contributed by atoms with van der Waals surface area (Å²) < 4.78 is 14.8. The van der Waals surface area contributed by atoms with Gasteiger partial charge in [-0.1, -0.05) is 88.7 Å². The minimum absolute atomic E-state index is 0.00803. The summed E-state index contributed by atoms with van der Waals surface area (Å²) in [5.41, 5.74) is 5.56. The number of benzene rings is 3. The number of hydrogen-bond donors (Lipinski definition) is 0. The molecule has 1 saturated carbocycles. The van der Waals surface area contributed by atoms with Gasteiger partial charge in [-0.05, 0) is 91.7 Å². The molecule has 3 aromatic carbocycles. The maximum Gasteiger partial charge on any atom is 0.261 e. The largest absolute Gasteiger partial charge is 0.486 e. The van der Waals surface area contributed by atoms with E-state index in [2.05, 4.69) is 72.8 Å². The molecule has 6 nitrogen and oxygen atoms in total. The molecule has 4 aromatic rings. The minimum Gasteiger partial charge on any atom is -0.486 e. The SMILES string of the molecule is CCCCc1nc(C2CC2)c(-c2ccc(OC(C)(C)CO[Si](C)(C)C(C)(C)C)cc2)c(=O)n1Cc1ccc(-c2ccccc2C#N)cc1. The number of hydrogen-bond acceptors (Lipinski definition) is 5. The molecule has 1 fully saturated rings. The molecule has 0 amide bonds. The number of unbranched alkanes of at least 4 members (excludes halogenated alkanes) is 1. The Balaban J connectivity index is 1.44. The van der Waals surface area contributed by atoms with Crippen LogP contribution in [0.4, 0.5) is 0 Å². The summed E-state index contributed by atoms with van der Waals surface area (Å²) in [4.78, 5) is 19.7. The maximum atomic E-state index is 14.5. The third-order valence-corrected chi connectivity index (χ3v) is 14.2. The van der Waals surface area contributed by atoms with E-state index >= 15 is 0 Å². The van der Waals surface area contributed by atoms with Crippen molar-refractivity contribution in [1.82, 2.24) is 9.55 Å². The Hall–Kier alpha value is -3.99. The molecule has 0 saturated heterocycles. The fourth-order valence-electron chi connectivity index (χ4n) is 5.64. The van der Waals surface area contributed by atoms with Gasteiger partial charge in [0.1, 0.15) is 17.2 Å². The van der Waals surface area contributed by atoms with Gasteiger partial charge >= 0.3 is 0 Å². The summed E-state index contributed by atoms with van der Waals surface area (Å²) in [6.07, 6.45) is 4.89. The van der Waals surface area contributed by atoms with Gasteiger partial charge in [0.15, 0.2) is 8.32 Å². The Kier molecular flexibility index (Phi) is 10.5. The Labute approximate surface area is 287 Å². The van der Waals surface area contributed by atoms with E-state index in [9.17, 15) is 10.1 Å². The normalized spacial score (nSPS) is 13.7. The standard InChI is InChI=1S/C41H51N3O3Si/c1-9-10-15-36-43-38(32-20-21-32)37(31-22-24-34(25-23-31)47-41(5,6)28-46-48(7,8)40(2,3)4)39(45)44(36)27-29-16-18-30(19-17-29)35-14-12-11-13-33(35)26-42/h11-14,16-19,22-25,32H,9-10,15,20-21,27-28H2,1-8H3. The quantitative estimate of drug-likeness (QED) is 0.133. The number of nitriles is 1. The molecule has 1 aliphatic carbocycles.